The molecule has 0 bridgehead atoms. The molecule has 1 aromatic rings. The molecule has 0 radical (unpaired) electrons. The van der Waals surface area contributed by atoms with E-state index in [0.29, 0.717) is 25.7 Å². The number of benzene rings is 1. The molecular weight excluding hydrogens is 330 g/mol. The van der Waals surface area contributed by atoms with E-state index in [9.17, 15) is 4.79 Å². The Labute approximate surface area is 156 Å². The van der Waals surface area contributed by atoms with Crippen LogP contribution in [0.1, 0.15) is 19.3 Å². The van der Waals surface area contributed by atoms with Gasteiger partial charge >= 0.3 is 0 Å². The predicted octanol–water partition coefficient (Wildman–Crippen LogP) is 1.71. The van der Waals surface area contributed by atoms with Crippen LogP contribution in [0, 0.1) is 5.92 Å². The fourth-order valence-electron chi connectivity index (χ4n) is 3.65. The molecule has 2 heterocycles. The number of hydrogen-bond donors (Lipinski definition) is 1. The third-order valence-corrected chi connectivity index (χ3v) is 5.22. The van der Waals surface area contributed by atoms with Crippen molar-refractivity contribution in [1.82, 2.24) is 10.2 Å². The van der Waals surface area contributed by atoms with Crippen LogP contribution in [0.3, 0.4) is 0 Å². The third kappa shape index (κ3) is 5.69. The summed E-state index contributed by atoms with van der Waals surface area (Å²) in [6.45, 7) is 5.45. The number of anilines is 1. The van der Waals surface area contributed by atoms with Crippen LogP contribution < -0.4 is 10.2 Å². The molecule has 1 aromatic carbocycles. The molecule has 2 fully saturated rings. The molecule has 3 rings (SSSR count). The predicted molar refractivity (Wildman–Crippen MR) is 102 cm³/mol. The topological polar surface area (TPSA) is 54.0 Å². The molecule has 6 nitrogen and oxygen atoms in total. The summed E-state index contributed by atoms with van der Waals surface area (Å²) in [6, 6.07) is 10.3. The normalized spacial score (nSPS) is 19.6. The molecule has 0 aromatic heterocycles. The van der Waals surface area contributed by atoms with Crippen LogP contribution in [0.2, 0.25) is 0 Å². The number of piperidine rings is 1. The zero-order valence-electron chi connectivity index (χ0n) is 15.7. The summed E-state index contributed by atoms with van der Waals surface area (Å²) in [7, 11) is 2.08. The first-order valence-corrected chi connectivity index (χ1v) is 9.71. The molecule has 0 atom stereocenters. The van der Waals surface area contributed by atoms with Crippen LogP contribution in [0.25, 0.3) is 0 Å². The van der Waals surface area contributed by atoms with E-state index in [2.05, 4.69) is 34.3 Å². The fourth-order valence-corrected chi connectivity index (χ4v) is 3.65. The van der Waals surface area contributed by atoms with Crippen molar-refractivity contribution in [2.75, 3.05) is 57.9 Å². The second-order valence-corrected chi connectivity index (χ2v) is 7.18. The smallest absolute Gasteiger partial charge is 0.234 e. The molecule has 2 aliphatic rings. The molecule has 0 spiro atoms. The van der Waals surface area contributed by atoms with Gasteiger partial charge in [0, 0.05) is 31.7 Å². The minimum atomic E-state index is -0.0208. The Kier molecular flexibility index (Phi) is 7.29. The molecule has 0 aliphatic carbocycles. The number of carbonyl (C=O) groups excluding carboxylic acids is 1. The van der Waals surface area contributed by atoms with Crippen LogP contribution in [0.5, 0.6) is 0 Å². The second kappa shape index (κ2) is 9.90. The van der Waals surface area contributed by atoms with Crippen molar-refractivity contribution in [2.45, 2.75) is 25.6 Å². The monoisotopic (exact) mass is 361 g/mol. The lowest BCUT2D eigenvalue weighted by Crippen LogP contribution is -2.43. The molecule has 6 heteroatoms. The minimum Gasteiger partial charge on any atom is -0.375 e. The molecular formula is C20H31N3O3. The molecule has 144 valence electrons. The van der Waals surface area contributed by atoms with Crippen LogP contribution in [0.4, 0.5) is 5.69 Å². The summed E-state index contributed by atoms with van der Waals surface area (Å²) in [5.74, 6) is 0.601. The Morgan fingerprint density at radius 2 is 1.88 bits per heavy atom. The lowest BCUT2D eigenvalue weighted by molar-refractivity contribution is -0.123. The summed E-state index contributed by atoms with van der Waals surface area (Å²) in [5.41, 5.74) is 1.21. The van der Waals surface area contributed by atoms with E-state index in [1.807, 2.05) is 18.2 Å². The van der Waals surface area contributed by atoms with Crippen molar-refractivity contribution in [3.8, 4) is 0 Å². The van der Waals surface area contributed by atoms with Crippen molar-refractivity contribution in [1.29, 1.82) is 0 Å². The Morgan fingerprint density at radius 3 is 2.58 bits per heavy atom. The van der Waals surface area contributed by atoms with E-state index in [1.54, 1.807) is 0 Å². The maximum absolute atomic E-state index is 12.1. The zero-order valence-corrected chi connectivity index (χ0v) is 15.7. The van der Waals surface area contributed by atoms with Gasteiger partial charge in [-0.1, -0.05) is 18.2 Å². The van der Waals surface area contributed by atoms with E-state index >= 15 is 0 Å². The molecule has 2 aliphatic heterocycles. The largest absolute Gasteiger partial charge is 0.375 e. The Bertz CT molecular complexity index is 540. The van der Waals surface area contributed by atoms with Gasteiger partial charge in [-0.25, -0.2) is 0 Å². The summed E-state index contributed by atoms with van der Waals surface area (Å²) in [4.78, 5) is 16.6. The highest BCUT2D eigenvalue weighted by Gasteiger charge is 2.30. The van der Waals surface area contributed by atoms with Crippen LogP contribution in [-0.4, -0.2) is 70.1 Å². The number of hydrogen-bond acceptors (Lipinski definition) is 5. The highest BCUT2D eigenvalue weighted by molar-refractivity contribution is 5.77. The second-order valence-electron chi connectivity index (χ2n) is 7.18. The number of rotatable bonds is 8. The number of ether oxygens (including phenoxy) is 2. The first-order chi connectivity index (χ1) is 12.7. The van der Waals surface area contributed by atoms with E-state index in [0.717, 1.165) is 45.4 Å². The van der Waals surface area contributed by atoms with Crippen LogP contribution >= 0.6 is 0 Å². The molecule has 26 heavy (non-hydrogen) atoms. The molecule has 1 amide bonds. The van der Waals surface area contributed by atoms with Crippen molar-refractivity contribution in [3.05, 3.63) is 30.3 Å². The van der Waals surface area contributed by atoms with Crippen molar-refractivity contribution >= 4 is 11.6 Å². The number of amides is 1. The maximum Gasteiger partial charge on any atom is 0.234 e. The van der Waals surface area contributed by atoms with Gasteiger partial charge in [-0.3, -0.25) is 9.69 Å². The highest BCUT2D eigenvalue weighted by atomic mass is 16.7. The van der Waals surface area contributed by atoms with Gasteiger partial charge in [0.05, 0.1) is 19.8 Å². The van der Waals surface area contributed by atoms with Gasteiger partial charge in [0.1, 0.15) is 0 Å². The van der Waals surface area contributed by atoms with Gasteiger partial charge in [0.25, 0.3) is 0 Å². The van der Waals surface area contributed by atoms with E-state index in [4.69, 9.17) is 9.47 Å². The minimum absolute atomic E-state index is 0.0208. The van der Waals surface area contributed by atoms with Crippen molar-refractivity contribution in [3.63, 3.8) is 0 Å². The number of likely N-dealkylation sites (tertiary alicyclic amines) is 1. The van der Waals surface area contributed by atoms with E-state index in [1.165, 1.54) is 5.69 Å². The average molecular weight is 361 g/mol. The van der Waals surface area contributed by atoms with Crippen LogP contribution in [0.15, 0.2) is 30.3 Å². The summed E-state index contributed by atoms with van der Waals surface area (Å²) in [5, 5.41) is 3.05. The first-order valence-electron chi connectivity index (χ1n) is 9.71. The first kappa shape index (κ1) is 19.1. The molecule has 0 unspecified atom stereocenters. The molecule has 0 saturated carbocycles. The summed E-state index contributed by atoms with van der Waals surface area (Å²) >= 11 is 0. The fraction of sp³-hybridized carbons (Fsp3) is 0.650. The Balaban J connectivity index is 1.26. The van der Waals surface area contributed by atoms with Gasteiger partial charge in [-0.15, -0.1) is 0 Å². The average Bonchev–Trinajstić information content (AvgIpc) is 3.21. The quantitative estimate of drug-likeness (QED) is 0.715. The van der Waals surface area contributed by atoms with E-state index < -0.39 is 0 Å². The standard InChI is InChI=1S/C20H31N3O3/c1-22(18-6-3-2-4-7-18)11-5-10-21-19(24)16-23-12-8-17(9-13-23)20-25-14-15-26-20/h2-4,6-7,17,20H,5,8-16H2,1H3,(H,21,24). The number of carbonyl (C=O) groups is 1. The van der Waals surface area contributed by atoms with Crippen LogP contribution in [-0.2, 0) is 14.3 Å². The summed E-state index contributed by atoms with van der Waals surface area (Å²) in [6.07, 6.45) is 3.00. The molecule has 1 N–H and O–H groups in total. The van der Waals surface area contributed by atoms with Gasteiger partial charge < -0.3 is 19.7 Å². The van der Waals surface area contributed by atoms with Crippen molar-refractivity contribution in [2.24, 2.45) is 5.92 Å². The highest BCUT2D eigenvalue weighted by Crippen LogP contribution is 2.25. The lowest BCUT2D eigenvalue weighted by Gasteiger charge is -2.33. The SMILES string of the molecule is CN(CCCNC(=O)CN1CCC(C2OCCO2)CC1)c1ccccc1. The maximum atomic E-state index is 12.1. The lowest BCUT2D eigenvalue weighted by atomic mass is 9.96. The van der Waals surface area contributed by atoms with E-state index in [-0.39, 0.29) is 12.2 Å². The number of nitrogens with zero attached hydrogens (tertiary/aromatic N) is 2. The Hall–Kier alpha value is -1.63. The summed E-state index contributed by atoms with van der Waals surface area (Å²) < 4.78 is 11.2. The van der Waals surface area contributed by atoms with Gasteiger partial charge in [-0.05, 0) is 44.5 Å². The number of para-hydroxylation sites is 1. The van der Waals surface area contributed by atoms with Crippen molar-refractivity contribution < 1.29 is 14.3 Å². The third-order valence-electron chi connectivity index (χ3n) is 5.22. The molecule has 2 saturated heterocycles. The zero-order chi connectivity index (χ0) is 18.2. The number of nitrogens with one attached hydrogen (secondary N) is 1. The van der Waals surface area contributed by atoms with Gasteiger partial charge in [-0.2, -0.15) is 0 Å². The van der Waals surface area contributed by atoms with Gasteiger partial charge in [0.15, 0.2) is 6.29 Å². The Morgan fingerprint density at radius 1 is 1.19 bits per heavy atom. The van der Waals surface area contributed by atoms with Gasteiger partial charge in [0.2, 0.25) is 5.91 Å².